The number of rotatable bonds is 3. The molecular weight excluding hydrogens is 224 g/mol. The van der Waals surface area contributed by atoms with Crippen LogP contribution < -0.4 is 0 Å². The molecule has 0 saturated heterocycles. The molecule has 1 unspecified atom stereocenters. The third-order valence-corrected chi connectivity index (χ3v) is 3.73. The molecule has 1 heterocycles. The van der Waals surface area contributed by atoms with Crippen molar-refractivity contribution >= 4 is 0 Å². The Kier molecular flexibility index (Phi) is 3.07. The summed E-state index contributed by atoms with van der Waals surface area (Å²) in [5.41, 5.74) is 3.03. The van der Waals surface area contributed by atoms with Gasteiger partial charge in [0.05, 0.1) is 0 Å². The van der Waals surface area contributed by atoms with Crippen LogP contribution in [-0.2, 0) is 0 Å². The summed E-state index contributed by atoms with van der Waals surface area (Å²) in [6, 6.07) is 8.16. The van der Waals surface area contributed by atoms with Gasteiger partial charge in [0.25, 0.3) is 0 Å². The van der Waals surface area contributed by atoms with Crippen molar-refractivity contribution in [3.8, 4) is 0 Å². The highest BCUT2D eigenvalue weighted by molar-refractivity contribution is 5.37. The molecule has 0 aliphatic heterocycles. The van der Waals surface area contributed by atoms with Crippen LogP contribution in [0.15, 0.2) is 43.0 Å². The van der Waals surface area contributed by atoms with Gasteiger partial charge in [-0.05, 0) is 29.9 Å². The maximum absolute atomic E-state index is 10.5. The van der Waals surface area contributed by atoms with Crippen LogP contribution in [-0.4, -0.2) is 15.1 Å². The Morgan fingerprint density at radius 2 is 1.83 bits per heavy atom. The number of benzene rings is 1. The largest absolute Gasteiger partial charge is 0.384 e. The lowest BCUT2D eigenvalue weighted by atomic mass is 9.77. The minimum Gasteiger partial charge on any atom is -0.384 e. The van der Waals surface area contributed by atoms with Gasteiger partial charge in [0.15, 0.2) is 0 Å². The molecule has 3 heteroatoms. The van der Waals surface area contributed by atoms with Crippen LogP contribution in [0.2, 0.25) is 0 Å². The molecule has 3 rings (SSSR count). The average molecular weight is 240 g/mol. The maximum atomic E-state index is 10.5. The third kappa shape index (κ3) is 2.02. The van der Waals surface area contributed by atoms with E-state index in [1.807, 2.05) is 18.2 Å². The van der Waals surface area contributed by atoms with Crippen LogP contribution in [0.3, 0.4) is 0 Å². The molecule has 1 aromatic carbocycles. The quantitative estimate of drug-likeness (QED) is 0.897. The lowest BCUT2D eigenvalue weighted by molar-refractivity contribution is 0.216. The minimum atomic E-state index is -0.622. The second kappa shape index (κ2) is 4.86. The van der Waals surface area contributed by atoms with Gasteiger partial charge in [-0.3, -0.25) is 0 Å². The van der Waals surface area contributed by atoms with Crippen molar-refractivity contribution in [2.45, 2.75) is 31.3 Å². The molecule has 1 saturated carbocycles. The van der Waals surface area contributed by atoms with E-state index < -0.39 is 6.10 Å². The van der Waals surface area contributed by atoms with Crippen molar-refractivity contribution in [3.63, 3.8) is 0 Å². The Balaban J connectivity index is 1.96. The number of nitrogens with zero attached hydrogens (tertiary/aromatic N) is 2. The zero-order chi connectivity index (χ0) is 12.4. The number of hydrogen-bond donors (Lipinski definition) is 1. The Bertz CT molecular complexity index is 523. The molecule has 2 aromatic rings. The van der Waals surface area contributed by atoms with Gasteiger partial charge in [-0.25, -0.2) is 9.97 Å². The van der Waals surface area contributed by atoms with E-state index in [9.17, 15) is 5.11 Å². The van der Waals surface area contributed by atoms with Crippen molar-refractivity contribution in [1.29, 1.82) is 0 Å². The second-order valence-electron chi connectivity index (χ2n) is 4.83. The molecule has 92 valence electrons. The lowest BCUT2D eigenvalue weighted by Crippen LogP contribution is -2.13. The summed E-state index contributed by atoms with van der Waals surface area (Å²) in [4.78, 5) is 7.94. The normalized spacial score (nSPS) is 17.2. The summed E-state index contributed by atoms with van der Waals surface area (Å²) in [5, 5.41) is 10.5. The van der Waals surface area contributed by atoms with Gasteiger partial charge >= 0.3 is 0 Å². The smallest absolute Gasteiger partial charge is 0.115 e. The fraction of sp³-hybridized carbons (Fsp3) is 0.333. The van der Waals surface area contributed by atoms with E-state index in [0.717, 1.165) is 11.1 Å². The maximum Gasteiger partial charge on any atom is 0.115 e. The number of aliphatic hydroxyl groups excluding tert-OH is 1. The first-order valence-electron chi connectivity index (χ1n) is 6.38. The van der Waals surface area contributed by atoms with Crippen LogP contribution in [0, 0.1) is 0 Å². The van der Waals surface area contributed by atoms with E-state index in [2.05, 4.69) is 16.0 Å². The molecule has 1 fully saturated rings. The van der Waals surface area contributed by atoms with Crippen LogP contribution in [0.25, 0.3) is 0 Å². The standard InChI is InChI=1S/C15H16N2O/c18-15(12-8-16-10-17-9-12)14-7-2-1-6-13(14)11-4-3-5-11/h1-2,6-11,15,18H,3-5H2. The predicted octanol–water partition coefficient (Wildman–Crippen LogP) is 2.83. The molecule has 3 nitrogen and oxygen atoms in total. The highest BCUT2D eigenvalue weighted by Gasteiger charge is 2.24. The van der Waals surface area contributed by atoms with Crippen LogP contribution >= 0.6 is 0 Å². The van der Waals surface area contributed by atoms with Crippen molar-refractivity contribution in [3.05, 3.63) is 59.7 Å². The van der Waals surface area contributed by atoms with Crippen LogP contribution in [0.5, 0.6) is 0 Å². The summed E-state index contributed by atoms with van der Waals surface area (Å²) in [6.07, 6.45) is 7.97. The number of aliphatic hydroxyl groups is 1. The van der Waals surface area contributed by atoms with Gasteiger partial charge in [-0.1, -0.05) is 30.7 Å². The summed E-state index contributed by atoms with van der Waals surface area (Å²) < 4.78 is 0. The van der Waals surface area contributed by atoms with Gasteiger partial charge in [-0.2, -0.15) is 0 Å². The van der Waals surface area contributed by atoms with E-state index in [1.54, 1.807) is 12.4 Å². The van der Waals surface area contributed by atoms with E-state index >= 15 is 0 Å². The number of aromatic nitrogens is 2. The first-order valence-corrected chi connectivity index (χ1v) is 6.38. The first kappa shape index (κ1) is 11.4. The Morgan fingerprint density at radius 3 is 2.50 bits per heavy atom. The van der Waals surface area contributed by atoms with Crippen molar-refractivity contribution in [1.82, 2.24) is 9.97 Å². The molecule has 18 heavy (non-hydrogen) atoms. The molecule has 1 aliphatic rings. The van der Waals surface area contributed by atoms with Crippen molar-refractivity contribution < 1.29 is 5.11 Å². The Labute approximate surface area is 107 Å². The molecule has 0 radical (unpaired) electrons. The van der Waals surface area contributed by atoms with E-state index in [0.29, 0.717) is 5.92 Å². The SMILES string of the molecule is OC(c1cncnc1)c1ccccc1C1CCC1. The van der Waals surface area contributed by atoms with Crippen molar-refractivity contribution in [2.75, 3.05) is 0 Å². The summed E-state index contributed by atoms with van der Waals surface area (Å²) >= 11 is 0. The molecular formula is C15H16N2O. The van der Waals surface area contributed by atoms with Gasteiger partial charge in [0.2, 0.25) is 0 Å². The fourth-order valence-corrected chi connectivity index (χ4v) is 2.48. The monoisotopic (exact) mass is 240 g/mol. The molecule has 1 atom stereocenters. The summed E-state index contributed by atoms with van der Waals surface area (Å²) in [6.45, 7) is 0. The molecule has 0 bridgehead atoms. The molecule has 0 spiro atoms. The van der Waals surface area contributed by atoms with E-state index in [-0.39, 0.29) is 0 Å². The predicted molar refractivity (Wildman–Crippen MR) is 69.1 cm³/mol. The van der Waals surface area contributed by atoms with Gasteiger partial charge in [0, 0.05) is 18.0 Å². The van der Waals surface area contributed by atoms with E-state index in [4.69, 9.17) is 0 Å². The number of hydrogen-bond acceptors (Lipinski definition) is 3. The van der Waals surface area contributed by atoms with Crippen molar-refractivity contribution in [2.24, 2.45) is 0 Å². The molecule has 0 amide bonds. The zero-order valence-corrected chi connectivity index (χ0v) is 10.2. The second-order valence-corrected chi connectivity index (χ2v) is 4.83. The highest BCUT2D eigenvalue weighted by Crippen LogP contribution is 2.40. The fourth-order valence-electron chi connectivity index (χ4n) is 2.48. The van der Waals surface area contributed by atoms with Gasteiger partial charge in [-0.15, -0.1) is 0 Å². The Hall–Kier alpha value is -1.74. The summed E-state index contributed by atoms with van der Waals surface area (Å²) in [7, 11) is 0. The lowest BCUT2D eigenvalue weighted by Gasteiger charge is -2.29. The van der Waals surface area contributed by atoms with Crippen LogP contribution in [0.1, 0.15) is 48.0 Å². The highest BCUT2D eigenvalue weighted by atomic mass is 16.3. The van der Waals surface area contributed by atoms with E-state index in [1.165, 1.54) is 31.2 Å². The molecule has 1 aromatic heterocycles. The minimum absolute atomic E-state index is 0.612. The van der Waals surface area contributed by atoms with Gasteiger partial charge < -0.3 is 5.11 Å². The average Bonchev–Trinajstić information content (AvgIpc) is 2.38. The molecule has 1 aliphatic carbocycles. The first-order chi connectivity index (χ1) is 8.86. The topological polar surface area (TPSA) is 46.0 Å². The van der Waals surface area contributed by atoms with Crippen LogP contribution in [0.4, 0.5) is 0 Å². The molecule has 1 N–H and O–H groups in total. The third-order valence-electron chi connectivity index (χ3n) is 3.73. The Morgan fingerprint density at radius 1 is 1.11 bits per heavy atom. The zero-order valence-electron chi connectivity index (χ0n) is 10.2. The van der Waals surface area contributed by atoms with Gasteiger partial charge in [0.1, 0.15) is 12.4 Å². The summed E-state index contributed by atoms with van der Waals surface area (Å²) in [5.74, 6) is 0.612.